The summed E-state index contributed by atoms with van der Waals surface area (Å²) in [5, 5.41) is 12.5. The van der Waals surface area contributed by atoms with Crippen LogP contribution in [0.1, 0.15) is 12.5 Å². The van der Waals surface area contributed by atoms with Crippen molar-refractivity contribution in [1.82, 2.24) is 9.88 Å². The van der Waals surface area contributed by atoms with Gasteiger partial charge in [0, 0.05) is 17.8 Å². The first kappa shape index (κ1) is 27.5. The number of rotatable bonds is 9. The van der Waals surface area contributed by atoms with Crippen molar-refractivity contribution < 1.29 is 33.2 Å². The highest BCUT2D eigenvalue weighted by molar-refractivity contribution is 8.18. The Morgan fingerprint density at radius 2 is 2.00 bits per heavy atom. The average molecular weight is 573 g/mol. The van der Waals surface area contributed by atoms with Gasteiger partial charge in [0.05, 0.1) is 21.5 Å². The third-order valence-electron chi connectivity index (χ3n) is 5.09. The van der Waals surface area contributed by atoms with Gasteiger partial charge in [-0.05, 0) is 60.7 Å². The van der Waals surface area contributed by atoms with Crippen LogP contribution >= 0.6 is 23.4 Å². The summed E-state index contributed by atoms with van der Waals surface area (Å²) >= 11 is 6.38. The highest BCUT2D eigenvalue weighted by atomic mass is 35.5. The maximum Gasteiger partial charge on any atom is 0.294 e. The van der Waals surface area contributed by atoms with Crippen molar-refractivity contribution in [3.05, 3.63) is 86.2 Å². The van der Waals surface area contributed by atoms with Crippen LogP contribution in [-0.2, 0) is 9.59 Å². The number of aromatic nitrogens is 1. The summed E-state index contributed by atoms with van der Waals surface area (Å²) < 4.78 is 24.6. The van der Waals surface area contributed by atoms with Crippen LogP contribution in [0.2, 0.25) is 5.02 Å². The predicted octanol–water partition coefficient (Wildman–Crippen LogP) is 5.65. The van der Waals surface area contributed by atoms with E-state index in [0.717, 1.165) is 17.2 Å². The molecule has 4 rings (SSSR count). The normalized spacial score (nSPS) is 14.0. The number of carbonyl (C=O) groups is 3. The van der Waals surface area contributed by atoms with Gasteiger partial charge < -0.3 is 14.8 Å². The Labute approximate surface area is 229 Å². The van der Waals surface area contributed by atoms with E-state index in [4.69, 9.17) is 21.1 Å². The van der Waals surface area contributed by atoms with Crippen LogP contribution < -0.4 is 14.8 Å². The molecule has 2 aromatic carbocycles. The van der Waals surface area contributed by atoms with E-state index in [1.165, 1.54) is 30.3 Å². The number of ether oxygens (including phenoxy) is 2. The van der Waals surface area contributed by atoms with Crippen LogP contribution in [-0.4, -0.2) is 45.0 Å². The van der Waals surface area contributed by atoms with Gasteiger partial charge in [-0.15, -0.1) is 0 Å². The minimum Gasteiger partial charge on any atom is -0.490 e. The summed E-state index contributed by atoms with van der Waals surface area (Å²) in [6, 6.07) is 10.9. The van der Waals surface area contributed by atoms with E-state index in [2.05, 4.69) is 10.3 Å². The lowest BCUT2D eigenvalue weighted by molar-refractivity contribution is -0.385. The number of pyridine rings is 1. The lowest BCUT2D eigenvalue weighted by Crippen LogP contribution is -2.36. The summed E-state index contributed by atoms with van der Waals surface area (Å²) in [4.78, 5) is 52.7. The number of hydrogen-bond acceptors (Lipinski definition) is 9. The first-order valence-electron chi connectivity index (χ1n) is 11.2. The molecule has 1 aliphatic heterocycles. The monoisotopic (exact) mass is 572 g/mol. The van der Waals surface area contributed by atoms with Gasteiger partial charge in [-0.1, -0.05) is 17.7 Å². The molecule has 1 aliphatic rings. The smallest absolute Gasteiger partial charge is 0.294 e. The zero-order valence-corrected chi connectivity index (χ0v) is 21.6. The SMILES string of the molecule is CCOc1cc(/C=C2\SC(=O)N(CC(=O)Nc3ccc(F)c(Cl)c3)C2=O)ccc1Oc1ccc([N+](=O)[O-])cn1. The molecule has 3 amide bonds. The topological polar surface area (TPSA) is 141 Å². The van der Waals surface area contributed by atoms with Gasteiger partial charge in [-0.25, -0.2) is 9.37 Å². The number of anilines is 1. The second-order valence-electron chi connectivity index (χ2n) is 7.80. The first-order valence-corrected chi connectivity index (χ1v) is 12.4. The number of amides is 3. The molecule has 1 fully saturated rings. The third-order valence-corrected chi connectivity index (χ3v) is 6.29. The number of halogens is 2. The summed E-state index contributed by atoms with van der Waals surface area (Å²) in [5.41, 5.74) is 0.538. The highest BCUT2D eigenvalue weighted by Gasteiger charge is 2.36. The minimum absolute atomic E-state index is 0.0887. The summed E-state index contributed by atoms with van der Waals surface area (Å²) in [6.07, 6.45) is 2.54. The Balaban J connectivity index is 1.47. The lowest BCUT2D eigenvalue weighted by atomic mass is 10.2. The quantitative estimate of drug-likeness (QED) is 0.195. The van der Waals surface area contributed by atoms with Crippen molar-refractivity contribution in [2.24, 2.45) is 0 Å². The maximum absolute atomic E-state index is 13.3. The minimum atomic E-state index is -0.666. The Morgan fingerprint density at radius 3 is 2.67 bits per heavy atom. The molecule has 1 N–H and O–H groups in total. The molecule has 0 spiro atoms. The lowest BCUT2D eigenvalue weighted by Gasteiger charge is -2.13. The van der Waals surface area contributed by atoms with Gasteiger partial charge in [0.25, 0.3) is 16.8 Å². The highest BCUT2D eigenvalue weighted by Crippen LogP contribution is 2.36. The van der Waals surface area contributed by atoms with Crippen molar-refractivity contribution in [3.63, 3.8) is 0 Å². The number of thioether (sulfide) groups is 1. The van der Waals surface area contributed by atoms with Crippen LogP contribution in [0.5, 0.6) is 17.4 Å². The fraction of sp³-hybridized carbons (Fsp3) is 0.120. The molecule has 2 heterocycles. The fourth-order valence-electron chi connectivity index (χ4n) is 3.33. The number of benzene rings is 2. The number of nitro groups is 1. The fourth-order valence-corrected chi connectivity index (χ4v) is 4.35. The zero-order chi connectivity index (χ0) is 28.1. The molecule has 39 heavy (non-hydrogen) atoms. The molecular formula is C25H18ClFN4O7S. The molecule has 200 valence electrons. The third kappa shape index (κ3) is 6.69. The van der Waals surface area contributed by atoms with Gasteiger partial charge in [0.15, 0.2) is 11.5 Å². The van der Waals surface area contributed by atoms with Gasteiger partial charge in [0.1, 0.15) is 18.6 Å². The summed E-state index contributed by atoms with van der Waals surface area (Å²) in [6.45, 7) is 1.51. The Bertz CT molecular complexity index is 1500. The average Bonchev–Trinajstić information content (AvgIpc) is 3.15. The molecule has 14 heteroatoms. The number of hydrogen-bond donors (Lipinski definition) is 1. The van der Waals surface area contributed by atoms with Crippen LogP contribution in [0, 0.1) is 15.9 Å². The van der Waals surface area contributed by atoms with E-state index >= 15 is 0 Å². The van der Waals surface area contributed by atoms with Gasteiger partial charge in [-0.2, -0.15) is 0 Å². The van der Waals surface area contributed by atoms with Crippen molar-refractivity contribution >= 4 is 57.9 Å². The molecule has 0 atom stereocenters. The molecule has 1 saturated heterocycles. The molecule has 3 aromatic rings. The summed E-state index contributed by atoms with van der Waals surface area (Å²) in [7, 11) is 0. The Kier molecular flexibility index (Phi) is 8.42. The molecule has 0 aliphatic carbocycles. The zero-order valence-electron chi connectivity index (χ0n) is 20.1. The molecule has 11 nitrogen and oxygen atoms in total. The van der Waals surface area contributed by atoms with Crippen molar-refractivity contribution in [2.45, 2.75) is 6.92 Å². The second-order valence-corrected chi connectivity index (χ2v) is 9.20. The standard InChI is InChI=1S/C25H18ClFN4O7S/c1-2-37-20-9-14(3-7-19(20)38-23-8-5-16(12-28-23)31(35)36)10-21-24(33)30(25(34)39-21)13-22(32)29-15-4-6-18(27)17(26)11-15/h3-12H,2,13H2,1H3,(H,29,32)/b21-10-. The van der Waals surface area contributed by atoms with Crippen molar-refractivity contribution in [2.75, 3.05) is 18.5 Å². The number of carbonyl (C=O) groups excluding carboxylic acids is 3. The molecule has 0 saturated carbocycles. The van der Waals surface area contributed by atoms with Crippen LogP contribution in [0.25, 0.3) is 6.08 Å². The van der Waals surface area contributed by atoms with E-state index in [1.54, 1.807) is 25.1 Å². The van der Waals surface area contributed by atoms with E-state index in [-0.39, 0.29) is 32.9 Å². The largest absolute Gasteiger partial charge is 0.490 e. The number of imide groups is 1. The Hall–Kier alpha value is -4.49. The van der Waals surface area contributed by atoms with Gasteiger partial charge >= 0.3 is 0 Å². The molecule has 0 bridgehead atoms. The van der Waals surface area contributed by atoms with E-state index in [1.807, 2.05) is 0 Å². The van der Waals surface area contributed by atoms with Crippen LogP contribution in [0.4, 0.5) is 20.6 Å². The summed E-state index contributed by atoms with van der Waals surface area (Å²) in [5.74, 6) is -1.28. The van der Waals surface area contributed by atoms with Crippen LogP contribution in [0.15, 0.2) is 59.6 Å². The predicted molar refractivity (Wildman–Crippen MR) is 141 cm³/mol. The first-order chi connectivity index (χ1) is 18.6. The maximum atomic E-state index is 13.3. The van der Waals surface area contributed by atoms with E-state index in [9.17, 15) is 28.9 Å². The van der Waals surface area contributed by atoms with Crippen LogP contribution in [0.3, 0.4) is 0 Å². The number of nitrogens with one attached hydrogen (secondary N) is 1. The second kappa shape index (κ2) is 11.9. The van der Waals surface area contributed by atoms with Crippen molar-refractivity contribution in [1.29, 1.82) is 0 Å². The Morgan fingerprint density at radius 1 is 1.21 bits per heavy atom. The molecular weight excluding hydrogens is 555 g/mol. The number of nitrogens with zero attached hydrogens (tertiary/aromatic N) is 3. The van der Waals surface area contributed by atoms with E-state index < -0.39 is 34.3 Å². The van der Waals surface area contributed by atoms with Crippen molar-refractivity contribution in [3.8, 4) is 17.4 Å². The van der Waals surface area contributed by atoms with E-state index in [0.29, 0.717) is 29.7 Å². The molecule has 1 aromatic heterocycles. The van der Waals surface area contributed by atoms with Gasteiger partial charge in [0.2, 0.25) is 11.8 Å². The van der Waals surface area contributed by atoms with Gasteiger partial charge in [-0.3, -0.25) is 29.4 Å². The molecule has 0 unspecified atom stereocenters. The molecule has 0 radical (unpaired) electrons.